The Morgan fingerprint density at radius 3 is 2.66 bits per heavy atom. The Morgan fingerprint density at radius 2 is 1.88 bits per heavy atom. The van der Waals surface area contributed by atoms with Gasteiger partial charge in [0, 0.05) is 70.4 Å². The standard InChI is InChI=1S/C31H29ClN6O2.CH4/c1-19-18-38(14-13-33-19)30(39)20-7-10-23(11-8-20)36-31-35-17-21-16-34-29(25-5-3-4-6-27(25)40-2)26-15-22(32)9-12-24(26)28(21)37-31;/h3-12,15,17,19,33H,13-14,16,18H2,1-2H3,(H,35,36,37);1H4. The number of hydrogen-bond donors (Lipinski definition) is 2. The Labute approximate surface area is 245 Å². The van der Waals surface area contributed by atoms with Crippen LogP contribution in [-0.4, -0.2) is 59.3 Å². The minimum absolute atomic E-state index is 0. The highest BCUT2D eigenvalue weighted by atomic mass is 35.5. The first-order valence-electron chi connectivity index (χ1n) is 13.2. The number of piperazine rings is 1. The first kappa shape index (κ1) is 28.3. The fraction of sp³-hybridized carbons (Fsp3) is 0.250. The lowest BCUT2D eigenvalue weighted by atomic mass is 9.95. The molecular weight excluding hydrogens is 536 g/mol. The van der Waals surface area contributed by atoms with E-state index in [1.165, 1.54) is 0 Å². The van der Waals surface area contributed by atoms with Crippen LogP contribution < -0.4 is 15.4 Å². The van der Waals surface area contributed by atoms with Crippen molar-refractivity contribution in [3.63, 3.8) is 0 Å². The number of carbonyl (C=O) groups excluding carboxylic acids is 1. The average molecular weight is 569 g/mol. The summed E-state index contributed by atoms with van der Waals surface area (Å²) in [6.45, 7) is 4.73. The number of aromatic nitrogens is 2. The predicted octanol–water partition coefficient (Wildman–Crippen LogP) is 5.97. The summed E-state index contributed by atoms with van der Waals surface area (Å²) in [6, 6.07) is 21.3. The van der Waals surface area contributed by atoms with Gasteiger partial charge in [-0.15, -0.1) is 0 Å². The summed E-state index contributed by atoms with van der Waals surface area (Å²) < 4.78 is 5.63. The molecule has 1 unspecified atom stereocenters. The summed E-state index contributed by atoms with van der Waals surface area (Å²) in [6.07, 6.45) is 1.81. The van der Waals surface area contributed by atoms with Crippen molar-refractivity contribution in [2.75, 3.05) is 32.1 Å². The van der Waals surface area contributed by atoms with Crippen molar-refractivity contribution >= 4 is 34.9 Å². The molecule has 2 N–H and O–H groups in total. The molecule has 1 saturated heterocycles. The van der Waals surface area contributed by atoms with Crippen molar-refractivity contribution in [3.8, 4) is 17.0 Å². The van der Waals surface area contributed by atoms with E-state index in [4.69, 9.17) is 26.3 Å². The van der Waals surface area contributed by atoms with Gasteiger partial charge in [-0.25, -0.2) is 9.97 Å². The van der Waals surface area contributed by atoms with Crippen LogP contribution in [0.3, 0.4) is 0 Å². The number of benzene rings is 3. The molecule has 0 bridgehead atoms. The van der Waals surface area contributed by atoms with E-state index >= 15 is 0 Å². The molecule has 8 nitrogen and oxygen atoms in total. The zero-order valence-corrected chi connectivity index (χ0v) is 23.1. The maximum atomic E-state index is 12.9. The van der Waals surface area contributed by atoms with Crippen LogP contribution >= 0.6 is 11.6 Å². The van der Waals surface area contributed by atoms with Crippen molar-refractivity contribution in [2.45, 2.75) is 26.9 Å². The molecule has 41 heavy (non-hydrogen) atoms. The monoisotopic (exact) mass is 568 g/mol. The molecule has 0 radical (unpaired) electrons. The Hall–Kier alpha value is -4.27. The minimum atomic E-state index is 0. The number of aliphatic imine (C=N–C) groups is 1. The Bertz CT molecular complexity index is 1600. The number of para-hydroxylation sites is 1. The second-order valence-electron chi connectivity index (χ2n) is 9.93. The zero-order valence-electron chi connectivity index (χ0n) is 22.3. The number of nitrogens with one attached hydrogen (secondary N) is 2. The van der Waals surface area contributed by atoms with Crippen LogP contribution in [0, 0.1) is 0 Å². The third-order valence-electron chi connectivity index (χ3n) is 7.17. The Morgan fingerprint density at radius 1 is 1.07 bits per heavy atom. The van der Waals surface area contributed by atoms with Crippen LogP contribution in [0.2, 0.25) is 5.02 Å². The highest BCUT2D eigenvalue weighted by Gasteiger charge is 2.24. The molecule has 210 valence electrons. The molecule has 0 aliphatic carbocycles. The first-order valence-corrected chi connectivity index (χ1v) is 13.6. The summed E-state index contributed by atoms with van der Waals surface area (Å²) in [4.78, 5) is 29.2. The molecule has 3 heterocycles. The smallest absolute Gasteiger partial charge is 0.253 e. The molecular formula is C32H33ClN6O2. The zero-order chi connectivity index (χ0) is 27.6. The number of rotatable bonds is 5. The lowest BCUT2D eigenvalue weighted by molar-refractivity contribution is 0.0709. The van der Waals surface area contributed by atoms with Crippen molar-refractivity contribution in [2.24, 2.45) is 4.99 Å². The highest BCUT2D eigenvalue weighted by molar-refractivity contribution is 6.31. The van der Waals surface area contributed by atoms with E-state index in [1.54, 1.807) is 13.3 Å². The molecule has 3 aromatic carbocycles. The number of amides is 1. The molecule has 2 aliphatic heterocycles. The van der Waals surface area contributed by atoms with Gasteiger partial charge in [0.05, 0.1) is 25.1 Å². The van der Waals surface area contributed by atoms with Crippen LogP contribution in [0.15, 0.2) is 77.9 Å². The predicted molar refractivity (Wildman–Crippen MR) is 165 cm³/mol. The number of methoxy groups -OCH3 is 1. The van der Waals surface area contributed by atoms with Crippen LogP contribution in [-0.2, 0) is 6.54 Å². The van der Waals surface area contributed by atoms with E-state index in [0.29, 0.717) is 42.2 Å². The molecule has 1 aromatic heterocycles. The summed E-state index contributed by atoms with van der Waals surface area (Å²) in [5.41, 5.74) is 6.63. The lowest BCUT2D eigenvalue weighted by Crippen LogP contribution is -2.51. The molecule has 9 heteroatoms. The molecule has 0 spiro atoms. The molecule has 1 amide bonds. The molecule has 1 fully saturated rings. The van der Waals surface area contributed by atoms with Crippen LogP contribution in [0.1, 0.15) is 41.4 Å². The SMILES string of the molecule is C.COc1ccccc1C1=NCc2cnc(Nc3ccc(C(=O)N4CCNC(C)C4)cc3)nc2-c2ccc(Cl)cc21. The van der Waals surface area contributed by atoms with Gasteiger partial charge in [0.2, 0.25) is 5.95 Å². The maximum Gasteiger partial charge on any atom is 0.253 e. The number of ether oxygens (including phenoxy) is 1. The number of hydrogen-bond acceptors (Lipinski definition) is 7. The van der Waals surface area contributed by atoms with E-state index in [2.05, 4.69) is 22.5 Å². The van der Waals surface area contributed by atoms with Gasteiger partial charge in [0.25, 0.3) is 5.91 Å². The molecule has 6 rings (SSSR count). The fourth-order valence-corrected chi connectivity index (χ4v) is 5.35. The van der Waals surface area contributed by atoms with Crippen LogP contribution in [0.4, 0.5) is 11.6 Å². The maximum absolute atomic E-state index is 12.9. The van der Waals surface area contributed by atoms with E-state index in [1.807, 2.05) is 71.6 Å². The number of carbonyl (C=O) groups is 1. The second-order valence-corrected chi connectivity index (χ2v) is 10.4. The van der Waals surface area contributed by atoms with Crippen molar-refractivity contribution in [1.29, 1.82) is 0 Å². The summed E-state index contributed by atoms with van der Waals surface area (Å²) in [5, 5.41) is 7.27. The van der Waals surface area contributed by atoms with Gasteiger partial charge in [0.1, 0.15) is 5.75 Å². The van der Waals surface area contributed by atoms with Gasteiger partial charge >= 0.3 is 0 Å². The van der Waals surface area contributed by atoms with Crippen LogP contribution in [0.25, 0.3) is 11.3 Å². The highest BCUT2D eigenvalue weighted by Crippen LogP contribution is 2.35. The normalized spacial score (nSPS) is 15.9. The van der Waals surface area contributed by atoms with Crippen molar-refractivity contribution in [3.05, 3.63) is 100 Å². The molecule has 4 aromatic rings. The number of halogens is 1. The van der Waals surface area contributed by atoms with Gasteiger partial charge in [-0.05, 0) is 55.5 Å². The van der Waals surface area contributed by atoms with Crippen molar-refractivity contribution in [1.82, 2.24) is 20.2 Å². The minimum Gasteiger partial charge on any atom is -0.496 e. The number of anilines is 2. The number of nitrogens with zero attached hydrogens (tertiary/aromatic N) is 4. The molecule has 0 saturated carbocycles. The van der Waals surface area contributed by atoms with E-state index < -0.39 is 0 Å². The third kappa shape index (κ3) is 5.80. The summed E-state index contributed by atoms with van der Waals surface area (Å²) in [5.74, 6) is 1.23. The van der Waals surface area contributed by atoms with Gasteiger partial charge in [-0.1, -0.05) is 37.2 Å². The van der Waals surface area contributed by atoms with E-state index in [9.17, 15) is 4.79 Å². The van der Waals surface area contributed by atoms with Gasteiger partial charge < -0.3 is 20.3 Å². The Kier molecular flexibility index (Phi) is 8.33. The quantitative estimate of drug-likeness (QED) is 0.308. The van der Waals surface area contributed by atoms with E-state index in [0.717, 1.165) is 51.6 Å². The van der Waals surface area contributed by atoms with E-state index in [-0.39, 0.29) is 13.3 Å². The summed E-state index contributed by atoms with van der Waals surface area (Å²) in [7, 11) is 1.65. The van der Waals surface area contributed by atoms with Crippen molar-refractivity contribution < 1.29 is 9.53 Å². The van der Waals surface area contributed by atoms with Gasteiger partial charge in [-0.3, -0.25) is 9.79 Å². The van der Waals surface area contributed by atoms with Gasteiger partial charge in [0.15, 0.2) is 0 Å². The summed E-state index contributed by atoms with van der Waals surface area (Å²) >= 11 is 6.45. The molecule has 2 aliphatic rings. The largest absolute Gasteiger partial charge is 0.496 e. The topological polar surface area (TPSA) is 91.7 Å². The average Bonchev–Trinajstić information content (AvgIpc) is 3.13. The number of fused-ring (bicyclic) bond motifs is 3. The fourth-order valence-electron chi connectivity index (χ4n) is 5.18. The van der Waals surface area contributed by atoms with Crippen LogP contribution in [0.5, 0.6) is 5.75 Å². The van der Waals surface area contributed by atoms with Gasteiger partial charge in [-0.2, -0.15) is 0 Å². The second kappa shape index (κ2) is 12.1. The Balaban J connectivity index is 0.00000337. The first-order chi connectivity index (χ1) is 19.5. The lowest BCUT2D eigenvalue weighted by Gasteiger charge is -2.32. The third-order valence-corrected chi connectivity index (χ3v) is 7.41. The molecule has 1 atom stereocenters.